The van der Waals surface area contributed by atoms with Gasteiger partial charge in [-0.25, -0.2) is 0 Å². The second-order valence-electron chi connectivity index (χ2n) is 4.97. The van der Waals surface area contributed by atoms with Crippen molar-refractivity contribution in [1.82, 2.24) is 0 Å². The van der Waals surface area contributed by atoms with Gasteiger partial charge in [0.05, 0.1) is 6.04 Å². The van der Waals surface area contributed by atoms with Crippen LogP contribution < -0.4 is 0 Å². The predicted molar refractivity (Wildman–Crippen MR) is 68.1 cm³/mol. The summed E-state index contributed by atoms with van der Waals surface area (Å²) in [4.78, 5) is 10.9. The molecule has 2 rings (SSSR count). The van der Waals surface area contributed by atoms with Crippen LogP contribution in [0.25, 0.3) is 0 Å². The van der Waals surface area contributed by atoms with Gasteiger partial charge in [0, 0.05) is 0 Å². The van der Waals surface area contributed by atoms with Gasteiger partial charge in [0.15, 0.2) is 0 Å². The molecular formula is C14H19NO2. The highest BCUT2D eigenvalue weighted by Gasteiger charge is 2.32. The van der Waals surface area contributed by atoms with Gasteiger partial charge in [-0.3, -0.25) is 0 Å². The molecule has 0 aliphatic heterocycles. The Morgan fingerprint density at radius 3 is 2.71 bits per heavy atom. The molecule has 0 aromatic heterocycles. The summed E-state index contributed by atoms with van der Waals surface area (Å²) < 4.78 is 0. The van der Waals surface area contributed by atoms with Crippen molar-refractivity contribution in [2.24, 2.45) is 11.1 Å². The Bertz CT molecular complexity index is 392. The van der Waals surface area contributed by atoms with Gasteiger partial charge in [-0.2, -0.15) is 4.91 Å². The molecule has 0 spiro atoms. The first-order chi connectivity index (χ1) is 8.24. The molecular weight excluding hydrogens is 214 g/mol. The van der Waals surface area contributed by atoms with Gasteiger partial charge < -0.3 is 5.11 Å². The summed E-state index contributed by atoms with van der Waals surface area (Å²) >= 11 is 0. The van der Waals surface area contributed by atoms with E-state index in [9.17, 15) is 10.0 Å². The first-order valence-corrected chi connectivity index (χ1v) is 6.34. The van der Waals surface area contributed by atoms with Crippen LogP contribution in [-0.2, 0) is 0 Å². The summed E-state index contributed by atoms with van der Waals surface area (Å²) in [6, 6.07) is 7.31. The Kier molecular flexibility index (Phi) is 3.77. The molecule has 1 fully saturated rings. The van der Waals surface area contributed by atoms with Crippen molar-refractivity contribution in [1.29, 1.82) is 0 Å². The summed E-state index contributed by atoms with van der Waals surface area (Å²) in [5.41, 5.74) is 0.938. The molecule has 1 aliphatic rings. The molecule has 92 valence electrons. The van der Waals surface area contributed by atoms with Crippen LogP contribution in [-0.4, -0.2) is 11.1 Å². The predicted octanol–water partition coefficient (Wildman–Crippen LogP) is 3.82. The van der Waals surface area contributed by atoms with Crippen molar-refractivity contribution in [3.63, 3.8) is 0 Å². The monoisotopic (exact) mass is 233 g/mol. The fraction of sp³-hybridized carbons (Fsp3) is 0.571. The van der Waals surface area contributed by atoms with Crippen LogP contribution in [0.3, 0.4) is 0 Å². The average molecular weight is 233 g/mol. The van der Waals surface area contributed by atoms with Gasteiger partial charge in [0.25, 0.3) is 0 Å². The van der Waals surface area contributed by atoms with E-state index >= 15 is 0 Å². The molecule has 0 unspecified atom stereocenters. The number of hydrogen-bond donors (Lipinski definition) is 1. The van der Waals surface area contributed by atoms with E-state index in [0.717, 1.165) is 31.2 Å². The lowest BCUT2D eigenvalue weighted by atomic mass is 9.75. The first kappa shape index (κ1) is 12.1. The maximum Gasteiger partial charge on any atom is 0.119 e. The molecule has 1 saturated carbocycles. The number of benzene rings is 1. The molecule has 0 heterocycles. The minimum atomic E-state index is -0.0849. The zero-order valence-electron chi connectivity index (χ0n) is 10.2. The van der Waals surface area contributed by atoms with Gasteiger partial charge in [-0.05, 0) is 36.3 Å². The Balaban J connectivity index is 2.21. The molecule has 0 amide bonds. The second-order valence-corrected chi connectivity index (χ2v) is 4.97. The normalized spacial score (nSPS) is 26.4. The van der Waals surface area contributed by atoms with E-state index in [1.807, 2.05) is 18.2 Å². The highest BCUT2D eigenvalue weighted by Crippen LogP contribution is 2.40. The average Bonchev–Trinajstić information content (AvgIpc) is 2.38. The van der Waals surface area contributed by atoms with Crippen LogP contribution in [0.1, 0.15) is 44.1 Å². The van der Waals surface area contributed by atoms with Crippen molar-refractivity contribution in [2.75, 3.05) is 0 Å². The van der Waals surface area contributed by atoms with E-state index in [1.165, 1.54) is 0 Å². The number of para-hydroxylation sites is 1. The van der Waals surface area contributed by atoms with Crippen LogP contribution in [0.4, 0.5) is 0 Å². The third-order valence-corrected chi connectivity index (χ3v) is 3.99. The molecule has 1 N–H and O–H groups in total. The van der Waals surface area contributed by atoms with E-state index in [1.54, 1.807) is 6.07 Å². The molecule has 3 nitrogen and oxygen atoms in total. The number of hydrogen-bond acceptors (Lipinski definition) is 3. The Hall–Kier alpha value is -1.38. The third-order valence-electron chi connectivity index (χ3n) is 3.99. The second kappa shape index (κ2) is 5.30. The van der Waals surface area contributed by atoms with Crippen LogP contribution in [0.5, 0.6) is 5.75 Å². The van der Waals surface area contributed by atoms with Crippen molar-refractivity contribution in [2.45, 2.75) is 44.6 Å². The number of phenols is 1. The summed E-state index contributed by atoms with van der Waals surface area (Å²) in [6.45, 7) is 2.09. The van der Waals surface area contributed by atoms with Gasteiger partial charge in [-0.15, -0.1) is 0 Å². The molecule has 0 bridgehead atoms. The number of aromatic hydroxyl groups is 1. The van der Waals surface area contributed by atoms with Crippen LogP contribution in [0, 0.1) is 10.8 Å². The molecule has 3 heteroatoms. The first-order valence-electron chi connectivity index (χ1n) is 6.34. The lowest BCUT2D eigenvalue weighted by Gasteiger charge is -2.31. The number of nitrogens with zero attached hydrogens (tertiary/aromatic N) is 1. The van der Waals surface area contributed by atoms with Crippen LogP contribution in [0.15, 0.2) is 29.4 Å². The van der Waals surface area contributed by atoms with E-state index in [0.29, 0.717) is 5.75 Å². The topological polar surface area (TPSA) is 49.7 Å². The van der Waals surface area contributed by atoms with Gasteiger partial charge in [0.1, 0.15) is 5.75 Å². The lowest BCUT2D eigenvalue weighted by Crippen LogP contribution is -2.27. The van der Waals surface area contributed by atoms with Crippen molar-refractivity contribution >= 4 is 0 Å². The fourth-order valence-corrected chi connectivity index (χ4v) is 2.96. The van der Waals surface area contributed by atoms with E-state index in [2.05, 4.69) is 12.1 Å². The van der Waals surface area contributed by atoms with Gasteiger partial charge in [0.2, 0.25) is 0 Å². The Morgan fingerprint density at radius 1 is 1.29 bits per heavy atom. The summed E-state index contributed by atoms with van der Waals surface area (Å²) in [5.74, 6) is 0.795. The summed E-state index contributed by atoms with van der Waals surface area (Å²) in [7, 11) is 0. The van der Waals surface area contributed by atoms with Crippen molar-refractivity contribution < 1.29 is 5.11 Å². The minimum absolute atomic E-state index is 0.0849. The lowest BCUT2D eigenvalue weighted by molar-refractivity contribution is 0.269. The van der Waals surface area contributed by atoms with E-state index in [-0.39, 0.29) is 17.9 Å². The van der Waals surface area contributed by atoms with Crippen molar-refractivity contribution in [3.05, 3.63) is 34.7 Å². The minimum Gasteiger partial charge on any atom is -0.508 e. The highest BCUT2D eigenvalue weighted by molar-refractivity contribution is 5.35. The van der Waals surface area contributed by atoms with Gasteiger partial charge in [-0.1, -0.05) is 43.1 Å². The molecule has 17 heavy (non-hydrogen) atoms. The Labute approximate surface area is 102 Å². The quantitative estimate of drug-likeness (QED) is 0.807. The smallest absolute Gasteiger partial charge is 0.119 e. The standard InChI is InChI=1S/C14H19NO2/c1-10(12-7-3-5-9-14(12)16)11-6-2-4-8-13(11)15-17/h3,5,7,9-11,13,16H,2,4,6,8H2,1H3/t10-,11+,13-/m0/s1. The number of rotatable bonds is 3. The van der Waals surface area contributed by atoms with Crippen LogP contribution in [0.2, 0.25) is 0 Å². The molecule has 0 saturated heterocycles. The fourth-order valence-electron chi connectivity index (χ4n) is 2.96. The SMILES string of the molecule is C[C@H](c1ccccc1O)[C@H]1CCCC[C@@H]1N=O. The molecule has 1 aromatic carbocycles. The summed E-state index contributed by atoms with van der Waals surface area (Å²) in [6.07, 6.45) is 4.19. The number of phenolic OH excluding ortho intramolecular Hbond substituents is 1. The van der Waals surface area contributed by atoms with Crippen LogP contribution >= 0.6 is 0 Å². The van der Waals surface area contributed by atoms with E-state index in [4.69, 9.17) is 0 Å². The highest BCUT2D eigenvalue weighted by atomic mass is 16.3. The molecule has 1 aliphatic carbocycles. The largest absolute Gasteiger partial charge is 0.508 e. The molecule has 1 aromatic rings. The maximum absolute atomic E-state index is 10.9. The maximum atomic E-state index is 10.9. The number of nitroso groups, excluding NO2 is 1. The van der Waals surface area contributed by atoms with E-state index < -0.39 is 0 Å². The van der Waals surface area contributed by atoms with Crippen molar-refractivity contribution in [3.8, 4) is 5.75 Å². The molecule has 3 atom stereocenters. The van der Waals surface area contributed by atoms with Gasteiger partial charge >= 0.3 is 0 Å². The zero-order chi connectivity index (χ0) is 12.3. The zero-order valence-corrected chi connectivity index (χ0v) is 10.2. The Morgan fingerprint density at radius 2 is 2.00 bits per heavy atom. The third kappa shape index (κ3) is 2.48. The molecule has 0 radical (unpaired) electrons. The summed E-state index contributed by atoms with van der Waals surface area (Å²) in [5, 5.41) is 13.1.